The number of hydrogen-bond acceptors (Lipinski definition) is 3. The van der Waals surface area contributed by atoms with E-state index in [9.17, 15) is 0 Å². The van der Waals surface area contributed by atoms with E-state index in [4.69, 9.17) is 0 Å². The van der Waals surface area contributed by atoms with Gasteiger partial charge in [0.05, 0.1) is 9.98 Å². The van der Waals surface area contributed by atoms with Crippen LogP contribution in [-0.4, -0.2) is 10.2 Å². The second kappa shape index (κ2) is 5.12. The summed E-state index contributed by atoms with van der Waals surface area (Å²) >= 11 is 5.18. The zero-order chi connectivity index (χ0) is 11.5. The lowest BCUT2D eigenvalue weighted by atomic mass is 10.1. The zero-order valence-corrected chi connectivity index (χ0v) is 11.7. The summed E-state index contributed by atoms with van der Waals surface area (Å²) in [5, 5.41) is 12.6. The largest absolute Gasteiger partial charge is 0.306 e. The number of nitrogens with zero attached hydrogens (tertiary/aromatic N) is 1. The predicted octanol–water partition coefficient (Wildman–Crippen LogP) is 3.39. The molecule has 0 bridgehead atoms. The Bertz CT molecular complexity index is 463. The monoisotopic (exact) mass is 299 g/mol. The van der Waals surface area contributed by atoms with E-state index < -0.39 is 0 Å². The molecule has 86 valence electrons. The fourth-order valence-corrected chi connectivity index (χ4v) is 2.83. The molecule has 0 amide bonds. The molecule has 0 saturated carbocycles. The number of nitrogens with one attached hydrogen (secondary N) is 2. The molecule has 1 atom stereocenters. The smallest absolute Gasteiger partial charge is 0.0701 e. The fraction of sp³-hybridized carbons (Fsp3) is 0.364. The van der Waals surface area contributed by atoms with Gasteiger partial charge in [0.2, 0.25) is 0 Å². The van der Waals surface area contributed by atoms with Crippen LogP contribution in [0.1, 0.15) is 29.8 Å². The van der Waals surface area contributed by atoms with Gasteiger partial charge in [0.15, 0.2) is 0 Å². The number of aromatic nitrogens is 2. The van der Waals surface area contributed by atoms with Crippen LogP contribution in [0.25, 0.3) is 0 Å². The number of thiophene rings is 1. The third-order valence-corrected chi connectivity index (χ3v) is 4.12. The lowest BCUT2D eigenvalue weighted by Gasteiger charge is -2.12. The van der Waals surface area contributed by atoms with E-state index in [1.807, 2.05) is 13.1 Å². The number of aryl methyl sites for hydroxylation is 1. The van der Waals surface area contributed by atoms with E-state index in [0.29, 0.717) is 6.04 Å². The van der Waals surface area contributed by atoms with Crippen LogP contribution in [0.2, 0.25) is 0 Å². The van der Waals surface area contributed by atoms with Crippen LogP contribution in [0.5, 0.6) is 0 Å². The van der Waals surface area contributed by atoms with Crippen molar-refractivity contribution in [2.75, 3.05) is 0 Å². The van der Waals surface area contributed by atoms with Gasteiger partial charge in [-0.25, -0.2) is 0 Å². The third-order valence-electron chi connectivity index (χ3n) is 2.57. The topological polar surface area (TPSA) is 40.7 Å². The highest BCUT2D eigenvalue weighted by molar-refractivity contribution is 9.11. The summed E-state index contributed by atoms with van der Waals surface area (Å²) in [5.74, 6) is 0. The van der Waals surface area contributed by atoms with Crippen molar-refractivity contribution in [3.05, 3.63) is 38.3 Å². The molecule has 0 aliphatic carbocycles. The maximum Gasteiger partial charge on any atom is 0.0701 e. The standard InChI is InChI=1S/C11H14BrN3S/c1-7(10-5-14-15-8(10)2)13-4-9-3-11(12)16-6-9/h3,5-7,13H,4H2,1-2H3,(H,14,15). The summed E-state index contributed by atoms with van der Waals surface area (Å²) in [4.78, 5) is 0. The Kier molecular flexibility index (Phi) is 3.78. The van der Waals surface area contributed by atoms with Gasteiger partial charge < -0.3 is 5.32 Å². The average molecular weight is 300 g/mol. The first-order chi connectivity index (χ1) is 7.66. The van der Waals surface area contributed by atoms with E-state index in [-0.39, 0.29) is 0 Å². The van der Waals surface area contributed by atoms with Crippen LogP contribution in [0.4, 0.5) is 0 Å². The molecule has 0 aromatic carbocycles. The maximum absolute atomic E-state index is 4.03. The first-order valence-electron chi connectivity index (χ1n) is 5.13. The van der Waals surface area contributed by atoms with Gasteiger partial charge in [-0.05, 0) is 46.8 Å². The summed E-state index contributed by atoms with van der Waals surface area (Å²) in [6.07, 6.45) is 1.89. The van der Waals surface area contributed by atoms with Crippen molar-refractivity contribution in [1.82, 2.24) is 15.5 Å². The minimum absolute atomic E-state index is 0.317. The van der Waals surface area contributed by atoms with Crippen molar-refractivity contribution in [2.45, 2.75) is 26.4 Å². The van der Waals surface area contributed by atoms with E-state index in [1.54, 1.807) is 11.3 Å². The van der Waals surface area contributed by atoms with Gasteiger partial charge in [0, 0.05) is 23.8 Å². The highest BCUT2D eigenvalue weighted by Gasteiger charge is 2.09. The fourth-order valence-electron chi connectivity index (χ4n) is 1.62. The van der Waals surface area contributed by atoms with Crippen molar-refractivity contribution in [3.63, 3.8) is 0 Å². The summed E-state index contributed by atoms with van der Waals surface area (Å²) in [6, 6.07) is 2.46. The van der Waals surface area contributed by atoms with Crippen LogP contribution in [-0.2, 0) is 6.54 Å². The Balaban J connectivity index is 1.93. The molecule has 0 radical (unpaired) electrons. The summed E-state index contributed by atoms with van der Waals surface area (Å²) in [7, 11) is 0. The molecule has 1 unspecified atom stereocenters. The number of aromatic amines is 1. The Labute approximate surface area is 107 Å². The van der Waals surface area contributed by atoms with Gasteiger partial charge in [-0.15, -0.1) is 11.3 Å². The number of hydrogen-bond donors (Lipinski definition) is 2. The van der Waals surface area contributed by atoms with Gasteiger partial charge in [-0.1, -0.05) is 0 Å². The second-order valence-electron chi connectivity index (χ2n) is 3.81. The van der Waals surface area contributed by atoms with E-state index >= 15 is 0 Å². The first-order valence-corrected chi connectivity index (χ1v) is 6.80. The Hall–Kier alpha value is -0.650. The van der Waals surface area contributed by atoms with E-state index in [1.165, 1.54) is 14.9 Å². The van der Waals surface area contributed by atoms with Crippen LogP contribution in [0.3, 0.4) is 0 Å². The second-order valence-corrected chi connectivity index (χ2v) is 6.10. The Morgan fingerprint density at radius 3 is 3.00 bits per heavy atom. The van der Waals surface area contributed by atoms with Crippen molar-refractivity contribution >= 4 is 27.3 Å². The summed E-state index contributed by atoms with van der Waals surface area (Å²) in [6.45, 7) is 5.08. The quantitative estimate of drug-likeness (QED) is 0.908. The molecular formula is C11H14BrN3S. The van der Waals surface area contributed by atoms with Gasteiger partial charge in [0.25, 0.3) is 0 Å². The van der Waals surface area contributed by atoms with E-state index in [2.05, 4.69) is 49.8 Å². The third kappa shape index (κ3) is 2.72. The zero-order valence-electron chi connectivity index (χ0n) is 9.25. The Morgan fingerprint density at radius 2 is 2.44 bits per heavy atom. The molecule has 5 heteroatoms. The van der Waals surface area contributed by atoms with Crippen LogP contribution in [0, 0.1) is 6.92 Å². The molecular weight excluding hydrogens is 286 g/mol. The lowest BCUT2D eigenvalue weighted by Crippen LogP contribution is -2.17. The molecule has 0 fully saturated rings. The van der Waals surface area contributed by atoms with E-state index in [0.717, 1.165) is 12.2 Å². The lowest BCUT2D eigenvalue weighted by molar-refractivity contribution is 0.573. The van der Waals surface area contributed by atoms with Crippen LogP contribution < -0.4 is 5.32 Å². The predicted molar refractivity (Wildman–Crippen MR) is 70.6 cm³/mol. The van der Waals surface area contributed by atoms with Crippen molar-refractivity contribution in [3.8, 4) is 0 Å². The number of H-pyrrole nitrogens is 1. The van der Waals surface area contributed by atoms with Crippen LogP contribution >= 0.6 is 27.3 Å². The molecule has 0 aliphatic rings. The SMILES string of the molecule is Cc1[nH]ncc1C(C)NCc1csc(Br)c1. The molecule has 2 aromatic rings. The minimum Gasteiger partial charge on any atom is -0.306 e. The number of halogens is 1. The maximum atomic E-state index is 4.03. The van der Waals surface area contributed by atoms with Crippen molar-refractivity contribution in [2.24, 2.45) is 0 Å². The molecule has 2 rings (SSSR count). The highest BCUT2D eigenvalue weighted by atomic mass is 79.9. The molecule has 0 spiro atoms. The van der Waals surface area contributed by atoms with Crippen molar-refractivity contribution < 1.29 is 0 Å². The Morgan fingerprint density at radius 1 is 1.62 bits per heavy atom. The molecule has 16 heavy (non-hydrogen) atoms. The highest BCUT2D eigenvalue weighted by Crippen LogP contribution is 2.21. The average Bonchev–Trinajstić information content (AvgIpc) is 2.84. The molecule has 0 saturated heterocycles. The summed E-state index contributed by atoms with van der Waals surface area (Å²) < 4.78 is 1.18. The minimum atomic E-state index is 0.317. The van der Waals surface area contributed by atoms with Crippen LogP contribution in [0.15, 0.2) is 21.4 Å². The number of rotatable bonds is 4. The summed E-state index contributed by atoms with van der Waals surface area (Å²) in [5.41, 5.74) is 3.67. The first kappa shape index (κ1) is 11.8. The van der Waals surface area contributed by atoms with Gasteiger partial charge >= 0.3 is 0 Å². The van der Waals surface area contributed by atoms with Gasteiger partial charge in [-0.2, -0.15) is 5.10 Å². The molecule has 0 aliphatic heterocycles. The molecule has 2 heterocycles. The normalized spacial score (nSPS) is 12.9. The van der Waals surface area contributed by atoms with Gasteiger partial charge in [0.1, 0.15) is 0 Å². The van der Waals surface area contributed by atoms with Gasteiger partial charge in [-0.3, -0.25) is 5.10 Å². The molecule has 2 N–H and O–H groups in total. The molecule has 2 aromatic heterocycles. The van der Waals surface area contributed by atoms with Crippen molar-refractivity contribution in [1.29, 1.82) is 0 Å². The molecule has 3 nitrogen and oxygen atoms in total.